The summed E-state index contributed by atoms with van der Waals surface area (Å²) in [6, 6.07) is -0.247. The Balaban J connectivity index is 1.44. The Labute approximate surface area is 307 Å². The number of allylic oxidation sites excluding steroid dienone is 1. The van der Waals surface area contributed by atoms with Gasteiger partial charge >= 0.3 is 5.97 Å². The number of nitrogens with one attached hydrogen (secondary N) is 1. The average Bonchev–Trinajstić information content (AvgIpc) is 3.51. The fourth-order valence-corrected chi connectivity index (χ4v) is 12.8. The molecule has 51 heavy (non-hydrogen) atoms. The highest BCUT2D eigenvalue weighted by molar-refractivity contribution is 8.04. The predicted molar refractivity (Wildman–Crippen MR) is 200 cm³/mol. The van der Waals surface area contributed by atoms with Crippen molar-refractivity contribution in [3.05, 3.63) is 11.6 Å². The summed E-state index contributed by atoms with van der Waals surface area (Å²) in [4.78, 5) is 17.8. The van der Waals surface area contributed by atoms with Crippen molar-refractivity contribution in [2.75, 3.05) is 26.5 Å². The number of carbonyl (C=O) groups is 1. The number of carboxylic acids is 1. The maximum absolute atomic E-state index is 13.5. The van der Waals surface area contributed by atoms with Crippen molar-refractivity contribution in [1.29, 1.82) is 0 Å². The minimum Gasteiger partial charge on any atom is -0.481 e. The van der Waals surface area contributed by atoms with Gasteiger partial charge in [0.2, 0.25) is 5.17 Å². The molecule has 3 saturated carbocycles. The van der Waals surface area contributed by atoms with Crippen molar-refractivity contribution in [3.63, 3.8) is 0 Å². The Hall–Kier alpha value is -1.57. The molecule has 12 heteroatoms. The van der Waals surface area contributed by atoms with Gasteiger partial charge in [-0.15, -0.1) is 0 Å². The van der Waals surface area contributed by atoms with E-state index >= 15 is 0 Å². The molecular weight excluding hydrogens is 667 g/mol. The Morgan fingerprint density at radius 3 is 2.35 bits per heavy atom. The number of hydrogen-bond donors (Lipinski definition) is 4. The van der Waals surface area contributed by atoms with Crippen LogP contribution >= 0.6 is 0 Å². The number of primary sulfonamides is 1. The Morgan fingerprint density at radius 1 is 1.12 bits per heavy atom. The van der Waals surface area contributed by atoms with Crippen LogP contribution in [-0.2, 0) is 24.3 Å². The van der Waals surface area contributed by atoms with E-state index in [0.717, 1.165) is 25.7 Å². The molecule has 1 saturated heterocycles. The molecule has 12 atom stereocenters. The zero-order chi connectivity index (χ0) is 38.0. The summed E-state index contributed by atoms with van der Waals surface area (Å²) in [6.07, 6.45) is 7.37. The summed E-state index contributed by atoms with van der Waals surface area (Å²) in [7, 11) is -4.03. The van der Waals surface area contributed by atoms with Crippen LogP contribution in [-0.4, -0.2) is 73.8 Å². The predicted octanol–water partition coefficient (Wildman–Crippen LogP) is 5.51. The van der Waals surface area contributed by atoms with Crippen LogP contribution in [0.1, 0.15) is 115 Å². The van der Waals surface area contributed by atoms with E-state index in [1.165, 1.54) is 5.57 Å². The van der Waals surface area contributed by atoms with Gasteiger partial charge in [-0.2, -0.15) is 5.01 Å². The lowest BCUT2D eigenvalue weighted by atomic mass is 9.34. The van der Waals surface area contributed by atoms with Gasteiger partial charge in [0.1, 0.15) is 6.67 Å². The Morgan fingerprint density at radius 2 is 1.78 bits per heavy atom. The highest BCUT2D eigenvalue weighted by Gasteiger charge is 2.72. The van der Waals surface area contributed by atoms with Gasteiger partial charge in [0, 0.05) is 16.4 Å². The summed E-state index contributed by atoms with van der Waals surface area (Å²) in [6.45, 7) is 25.9. The second-order valence-electron chi connectivity index (χ2n) is 20.2. The van der Waals surface area contributed by atoms with Crippen molar-refractivity contribution in [2.45, 2.75) is 132 Å². The summed E-state index contributed by atoms with van der Waals surface area (Å²) in [5.74, 6) is 0.0120. The lowest BCUT2D eigenvalue weighted by Crippen LogP contribution is -2.73. The molecule has 0 unspecified atom stereocenters. The highest BCUT2D eigenvalue weighted by Crippen LogP contribution is 2.75. The zero-order valence-corrected chi connectivity index (χ0v) is 34.0. The van der Waals surface area contributed by atoms with Crippen molar-refractivity contribution in [3.8, 4) is 0 Å². The van der Waals surface area contributed by atoms with Crippen LogP contribution in [0.15, 0.2) is 16.6 Å². The molecule has 0 radical (unpaired) electrons. The molecule has 6 N–H and O–H groups in total. The fourth-order valence-electron chi connectivity index (χ4n) is 12.3. The maximum Gasteiger partial charge on any atom is 0.307 e. The number of nitrogens with two attached hydrogens (primary N) is 2. The average molecular weight is 734 g/mol. The first-order chi connectivity index (χ1) is 23.3. The van der Waals surface area contributed by atoms with Gasteiger partial charge in [-0.3, -0.25) is 10.2 Å². The number of aliphatic imine (C=N–C) groups is 1. The maximum atomic E-state index is 13.5. The van der Waals surface area contributed by atoms with Gasteiger partial charge < -0.3 is 20.3 Å². The molecule has 2 heterocycles. The van der Waals surface area contributed by atoms with Gasteiger partial charge in [-0.25, -0.2) is 18.5 Å². The van der Waals surface area contributed by atoms with Crippen LogP contribution in [0.3, 0.4) is 0 Å². The van der Waals surface area contributed by atoms with Crippen LogP contribution in [0.5, 0.6) is 0 Å². The normalized spacial score (nSPS) is 44.6. The largest absolute Gasteiger partial charge is 0.481 e. The monoisotopic (exact) mass is 733 g/mol. The first-order valence-corrected chi connectivity index (χ1v) is 20.9. The van der Waals surface area contributed by atoms with Crippen LogP contribution in [0.4, 0.5) is 0 Å². The number of hydrazine groups is 1. The third kappa shape index (κ3) is 5.61. The van der Waals surface area contributed by atoms with E-state index in [2.05, 4.69) is 85.7 Å². The van der Waals surface area contributed by atoms with Crippen molar-refractivity contribution >= 4 is 21.2 Å². The molecule has 0 aromatic rings. The van der Waals surface area contributed by atoms with Crippen LogP contribution in [0.25, 0.3) is 0 Å². The number of aliphatic carboxylic acids is 1. The van der Waals surface area contributed by atoms with E-state index in [1.807, 2.05) is 11.9 Å². The third-order valence-corrected chi connectivity index (χ3v) is 17.4. The summed E-state index contributed by atoms with van der Waals surface area (Å²) >= 11 is 0. The first kappa shape index (κ1) is 39.1. The molecule has 0 aromatic heterocycles. The van der Waals surface area contributed by atoms with E-state index in [1.54, 1.807) is 0 Å². The Kier molecular flexibility index (Phi) is 9.38. The standard InChI is InChI=1S/C39H67N5O6S/c1-23(2)24(3)34(7)16-17-36(9)25-12-13-28-35(8)19-49-21-39(28,26(25)14-15-37(36,10)29(34)31(45)46)18-27(44-22-42-32(43-44)51(41,47)48)30(35)50-20-38(11,40)33(4,5)6/h14,23-25,27-30H,12-13,15-22,40H2,1-11H3,(H,42,43)(H,45,46)(H2,41,47,48)/t24-,25+,27-,28+,29-,30+,34-,35-,36-,37+,38+,39+/m1/s1. The van der Waals surface area contributed by atoms with E-state index in [9.17, 15) is 18.3 Å². The van der Waals surface area contributed by atoms with Gasteiger partial charge in [-0.05, 0) is 90.8 Å². The molecule has 4 aliphatic carbocycles. The molecular formula is C39H67N5O6S. The number of rotatable bonds is 7. The number of sulfonamides is 1. The van der Waals surface area contributed by atoms with E-state index < -0.39 is 38.3 Å². The number of carboxylic acid groups (broad SMARTS) is 1. The second-order valence-corrected chi connectivity index (χ2v) is 21.7. The highest BCUT2D eigenvalue weighted by atomic mass is 32.2. The number of hydrogen-bond acceptors (Lipinski definition) is 9. The first-order valence-electron chi connectivity index (χ1n) is 19.3. The van der Waals surface area contributed by atoms with Gasteiger partial charge in [0.25, 0.3) is 10.0 Å². The van der Waals surface area contributed by atoms with Crippen LogP contribution in [0.2, 0.25) is 0 Å². The molecule has 4 fully saturated rings. The minimum atomic E-state index is -4.03. The second kappa shape index (κ2) is 12.2. The van der Waals surface area contributed by atoms with Crippen LogP contribution < -0.4 is 16.3 Å². The molecule has 0 aromatic carbocycles. The number of amidine groups is 1. The van der Waals surface area contributed by atoms with Crippen molar-refractivity contribution < 1.29 is 27.8 Å². The van der Waals surface area contributed by atoms with E-state index in [4.69, 9.17) is 20.3 Å². The molecule has 6 aliphatic rings. The fraction of sp³-hybridized carbons (Fsp3) is 0.897. The van der Waals surface area contributed by atoms with E-state index in [0.29, 0.717) is 38.6 Å². The lowest BCUT2D eigenvalue weighted by molar-refractivity contribution is -0.259. The summed E-state index contributed by atoms with van der Waals surface area (Å²) in [5, 5.41) is 18.3. The molecule has 2 bridgehead atoms. The zero-order valence-electron chi connectivity index (χ0n) is 33.1. The molecule has 2 aliphatic heterocycles. The smallest absolute Gasteiger partial charge is 0.307 e. The number of nitrogens with zero attached hydrogens (tertiary/aromatic N) is 2. The minimum absolute atomic E-state index is 0.137. The third-order valence-electron chi connectivity index (χ3n) is 16.6. The summed E-state index contributed by atoms with van der Waals surface area (Å²) in [5.41, 5.74) is 8.88. The number of fused-ring (bicyclic) bond motifs is 3. The molecule has 0 amide bonds. The number of ether oxygens (including phenoxy) is 2. The molecule has 290 valence electrons. The molecule has 11 nitrogen and oxygen atoms in total. The van der Waals surface area contributed by atoms with Crippen molar-refractivity contribution in [2.24, 2.45) is 77.9 Å². The summed E-state index contributed by atoms with van der Waals surface area (Å²) < 4.78 is 38.5. The van der Waals surface area contributed by atoms with Crippen molar-refractivity contribution in [1.82, 2.24) is 10.4 Å². The topological polar surface area (TPSA) is 170 Å². The lowest BCUT2D eigenvalue weighted by Gasteiger charge is -2.71. The van der Waals surface area contributed by atoms with Gasteiger partial charge in [0.05, 0.1) is 37.9 Å². The van der Waals surface area contributed by atoms with Gasteiger partial charge in [-0.1, -0.05) is 80.9 Å². The molecule has 0 spiro atoms. The SMILES string of the molecule is CC(C)[C@@H](C)[C@@]1(C)CC[C@]2(C)[C@H]3CC[C@@H]4[C@@]5(COC[C@@]4(C)[C@@H](OC[C@](C)(N)C(C)(C)C)[C@H](N4CN=C(S(N)(=O)=O)N4)C5)C3=CC[C@@]2(C)[C@@H]1C(=O)O. The van der Waals surface area contributed by atoms with Crippen LogP contribution in [0, 0.1) is 62.1 Å². The molecule has 6 rings (SSSR count). The van der Waals surface area contributed by atoms with E-state index in [-0.39, 0.29) is 63.4 Å². The van der Waals surface area contributed by atoms with Gasteiger partial charge in [0.15, 0.2) is 0 Å². The Bertz CT molecular complexity index is 1590. The quantitative estimate of drug-likeness (QED) is 0.246.